The predicted molar refractivity (Wildman–Crippen MR) is 80.3 cm³/mol. The number of hydrogen-bond donors (Lipinski definition) is 1. The molecule has 0 amide bonds. The summed E-state index contributed by atoms with van der Waals surface area (Å²) >= 11 is 7.51. The van der Waals surface area contributed by atoms with Crippen molar-refractivity contribution >= 4 is 22.9 Å². The Morgan fingerprint density at radius 3 is 2.74 bits per heavy atom. The van der Waals surface area contributed by atoms with Gasteiger partial charge in [0, 0.05) is 11.5 Å². The summed E-state index contributed by atoms with van der Waals surface area (Å²) in [5, 5.41) is 9.52. The Hall–Kier alpha value is -1.03. The van der Waals surface area contributed by atoms with Crippen LogP contribution in [0.3, 0.4) is 0 Å². The van der Waals surface area contributed by atoms with E-state index in [4.69, 9.17) is 16.3 Å². The van der Waals surface area contributed by atoms with Crippen molar-refractivity contribution in [3.63, 3.8) is 0 Å². The maximum absolute atomic E-state index is 9.52. The van der Waals surface area contributed by atoms with E-state index in [0.29, 0.717) is 0 Å². The fourth-order valence-electron chi connectivity index (χ4n) is 2.08. The maximum atomic E-state index is 9.52. The summed E-state index contributed by atoms with van der Waals surface area (Å²) in [5.41, 5.74) is 1.18. The van der Waals surface area contributed by atoms with E-state index >= 15 is 0 Å². The Morgan fingerprint density at radius 2 is 2.11 bits per heavy atom. The lowest BCUT2D eigenvalue weighted by Gasteiger charge is -2.13. The molecular formula is C15H17ClO2S. The molecule has 1 unspecified atom stereocenters. The Morgan fingerprint density at radius 1 is 1.26 bits per heavy atom. The second-order valence-corrected chi connectivity index (χ2v) is 6.31. The zero-order chi connectivity index (χ0) is 13.7. The van der Waals surface area contributed by atoms with Gasteiger partial charge in [0.15, 0.2) is 0 Å². The number of aliphatic hydroxyl groups is 1. The summed E-state index contributed by atoms with van der Waals surface area (Å²) in [6.45, 7) is 0.173. The van der Waals surface area contributed by atoms with Crippen LogP contribution in [0.2, 0.25) is 4.34 Å². The number of methoxy groups -OCH3 is 1. The summed E-state index contributed by atoms with van der Waals surface area (Å²) in [5.74, 6) is 1.06. The van der Waals surface area contributed by atoms with Crippen molar-refractivity contribution in [2.45, 2.75) is 12.8 Å². The van der Waals surface area contributed by atoms with Crippen LogP contribution in [0.5, 0.6) is 5.75 Å². The topological polar surface area (TPSA) is 29.5 Å². The van der Waals surface area contributed by atoms with Gasteiger partial charge >= 0.3 is 0 Å². The molecule has 0 aliphatic rings. The van der Waals surface area contributed by atoms with Gasteiger partial charge in [-0.25, -0.2) is 0 Å². The smallest absolute Gasteiger partial charge is 0.119 e. The molecule has 19 heavy (non-hydrogen) atoms. The molecule has 1 N–H and O–H groups in total. The van der Waals surface area contributed by atoms with Gasteiger partial charge in [0.1, 0.15) is 5.75 Å². The molecule has 0 spiro atoms. The average Bonchev–Trinajstić information content (AvgIpc) is 2.83. The van der Waals surface area contributed by atoms with Crippen molar-refractivity contribution < 1.29 is 9.84 Å². The van der Waals surface area contributed by atoms with Gasteiger partial charge in [0.25, 0.3) is 0 Å². The average molecular weight is 297 g/mol. The highest BCUT2D eigenvalue weighted by atomic mass is 35.5. The van der Waals surface area contributed by atoms with Crippen LogP contribution in [0.15, 0.2) is 36.4 Å². The van der Waals surface area contributed by atoms with E-state index < -0.39 is 0 Å². The highest BCUT2D eigenvalue weighted by molar-refractivity contribution is 7.16. The van der Waals surface area contributed by atoms with Crippen LogP contribution in [-0.4, -0.2) is 18.8 Å². The first-order valence-electron chi connectivity index (χ1n) is 6.19. The fourth-order valence-corrected chi connectivity index (χ4v) is 3.28. The van der Waals surface area contributed by atoms with Crippen molar-refractivity contribution in [2.75, 3.05) is 13.7 Å². The minimum atomic E-state index is 0.173. The molecule has 0 fully saturated rings. The second-order valence-electron chi connectivity index (χ2n) is 4.51. The largest absolute Gasteiger partial charge is 0.497 e. The van der Waals surface area contributed by atoms with Crippen LogP contribution in [-0.2, 0) is 12.8 Å². The Kier molecular flexibility index (Phi) is 5.25. The van der Waals surface area contributed by atoms with Gasteiger partial charge in [-0.05, 0) is 48.6 Å². The molecule has 0 radical (unpaired) electrons. The third kappa shape index (κ3) is 4.23. The summed E-state index contributed by atoms with van der Waals surface area (Å²) < 4.78 is 6.01. The molecule has 1 heterocycles. The van der Waals surface area contributed by atoms with Crippen molar-refractivity contribution in [3.8, 4) is 5.75 Å². The highest BCUT2D eigenvalue weighted by Gasteiger charge is 2.11. The Bertz CT molecular complexity index is 524. The van der Waals surface area contributed by atoms with E-state index in [1.165, 1.54) is 10.4 Å². The molecule has 2 nitrogen and oxygen atoms in total. The van der Waals surface area contributed by atoms with Crippen LogP contribution in [0.25, 0.3) is 0 Å². The number of rotatable bonds is 6. The molecule has 0 bridgehead atoms. The SMILES string of the molecule is COc1cccc(CC(CO)Cc2ccc(Cl)s2)c1. The molecule has 0 aliphatic carbocycles. The van der Waals surface area contributed by atoms with Gasteiger partial charge in [-0.15, -0.1) is 11.3 Å². The van der Waals surface area contributed by atoms with Crippen molar-refractivity contribution in [1.82, 2.24) is 0 Å². The van der Waals surface area contributed by atoms with Crippen LogP contribution in [0, 0.1) is 5.92 Å². The van der Waals surface area contributed by atoms with Crippen molar-refractivity contribution in [2.24, 2.45) is 5.92 Å². The molecule has 2 rings (SSSR count). The molecule has 1 aromatic carbocycles. The van der Waals surface area contributed by atoms with Crippen molar-refractivity contribution in [1.29, 1.82) is 0 Å². The predicted octanol–water partition coefficient (Wildman–Crippen LogP) is 3.80. The molecule has 0 saturated carbocycles. The second kappa shape index (κ2) is 6.94. The van der Waals surface area contributed by atoms with Gasteiger partial charge < -0.3 is 9.84 Å². The van der Waals surface area contributed by atoms with Gasteiger partial charge in [-0.3, -0.25) is 0 Å². The van der Waals surface area contributed by atoms with Crippen LogP contribution >= 0.6 is 22.9 Å². The number of hydrogen-bond acceptors (Lipinski definition) is 3. The van der Waals surface area contributed by atoms with Crippen LogP contribution in [0.4, 0.5) is 0 Å². The molecule has 0 saturated heterocycles. The molecule has 1 atom stereocenters. The molecule has 4 heteroatoms. The first kappa shape index (κ1) is 14.4. The Labute approximate surface area is 122 Å². The zero-order valence-electron chi connectivity index (χ0n) is 10.8. The van der Waals surface area contributed by atoms with Crippen LogP contribution < -0.4 is 4.74 Å². The lowest BCUT2D eigenvalue weighted by atomic mass is 9.96. The standard InChI is InChI=1S/C15H17ClO2S/c1-18-13-4-2-3-11(8-13)7-12(10-17)9-14-5-6-15(16)19-14/h2-6,8,12,17H,7,9-10H2,1H3. The number of halogens is 1. The lowest BCUT2D eigenvalue weighted by Crippen LogP contribution is -2.12. The first-order valence-corrected chi connectivity index (χ1v) is 7.38. The van der Waals surface area contributed by atoms with E-state index in [2.05, 4.69) is 6.07 Å². The summed E-state index contributed by atoms with van der Waals surface area (Å²) in [6, 6.07) is 11.9. The maximum Gasteiger partial charge on any atom is 0.119 e. The number of benzene rings is 1. The third-order valence-electron chi connectivity index (χ3n) is 3.04. The van der Waals surface area contributed by atoms with Gasteiger partial charge in [0.2, 0.25) is 0 Å². The fraction of sp³-hybridized carbons (Fsp3) is 0.333. The normalized spacial score (nSPS) is 12.4. The summed E-state index contributed by atoms with van der Waals surface area (Å²) in [6.07, 6.45) is 1.69. The molecule has 1 aromatic heterocycles. The monoisotopic (exact) mass is 296 g/mol. The number of ether oxygens (including phenoxy) is 1. The van der Waals surface area contributed by atoms with Gasteiger partial charge in [-0.2, -0.15) is 0 Å². The van der Waals surface area contributed by atoms with Gasteiger partial charge in [-0.1, -0.05) is 23.7 Å². The molecule has 0 aliphatic heterocycles. The molecule has 102 valence electrons. The van der Waals surface area contributed by atoms with E-state index in [1.54, 1.807) is 18.4 Å². The van der Waals surface area contributed by atoms with E-state index in [-0.39, 0.29) is 12.5 Å². The minimum absolute atomic E-state index is 0.173. The van der Waals surface area contributed by atoms with Crippen molar-refractivity contribution in [3.05, 3.63) is 51.2 Å². The Balaban J connectivity index is 2.01. The third-order valence-corrected chi connectivity index (χ3v) is 4.29. The minimum Gasteiger partial charge on any atom is -0.497 e. The lowest BCUT2D eigenvalue weighted by molar-refractivity contribution is 0.225. The summed E-state index contributed by atoms with van der Waals surface area (Å²) in [4.78, 5) is 1.21. The summed E-state index contributed by atoms with van der Waals surface area (Å²) in [7, 11) is 1.66. The van der Waals surface area contributed by atoms with E-state index in [9.17, 15) is 5.11 Å². The number of aliphatic hydroxyl groups excluding tert-OH is 1. The van der Waals surface area contributed by atoms with E-state index in [1.807, 2.05) is 30.3 Å². The quantitative estimate of drug-likeness (QED) is 0.878. The first-order chi connectivity index (χ1) is 9.21. The molecule has 2 aromatic rings. The van der Waals surface area contributed by atoms with Gasteiger partial charge in [0.05, 0.1) is 11.4 Å². The molecular weight excluding hydrogens is 280 g/mol. The highest BCUT2D eigenvalue weighted by Crippen LogP contribution is 2.25. The zero-order valence-corrected chi connectivity index (χ0v) is 12.4. The van der Waals surface area contributed by atoms with Crippen LogP contribution in [0.1, 0.15) is 10.4 Å². The van der Waals surface area contributed by atoms with E-state index in [0.717, 1.165) is 22.9 Å². The number of thiophene rings is 1.